The molecule has 0 saturated carbocycles. The lowest BCUT2D eigenvalue weighted by atomic mass is 10.3. The summed E-state index contributed by atoms with van der Waals surface area (Å²) in [6, 6.07) is 5.57. The van der Waals surface area contributed by atoms with Gasteiger partial charge < -0.3 is 11.5 Å². The molecule has 1 aromatic rings. The van der Waals surface area contributed by atoms with Crippen LogP contribution in [0.15, 0.2) is 29.2 Å². The van der Waals surface area contributed by atoms with Crippen LogP contribution in [-0.4, -0.2) is 14.4 Å². The fourth-order valence-electron chi connectivity index (χ4n) is 0.851. The SMILES string of the molecule is Cl.N=C(N)NS(=O)(=O)c1ccc(N)cc1. The number of nitrogens with two attached hydrogens (primary N) is 2. The van der Waals surface area contributed by atoms with Crippen LogP contribution in [0.1, 0.15) is 0 Å². The van der Waals surface area contributed by atoms with E-state index in [1.165, 1.54) is 24.3 Å². The molecule has 0 atom stereocenters. The van der Waals surface area contributed by atoms with Gasteiger partial charge in [-0.25, -0.2) is 13.1 Å². The Hall–Kier alpha value is -1.47. The molecular weight excluding hydrogens is 240 g/mol. The summed E-state index contributed by atoms with van der Waals surface area (Å²) in [6.07, 6.45) is 0. The maximum Gasteiger partial charge on any atom is 0.264 e. The number of hydrogen-bond donors (Lipinski definition) is 4. The van der Waals surface area contributed by atoms with Gasteiger partial charge >= 0.3 is 0 Å². The van der Waals surface area contributed by atoms with Crippen molar-refractivity contribution >= 4 is 34.1 Å². The van der Waals surface area contributed by atoms with Crippen molar-refractivity contribution in [3.8, 4) is 0 Å². The molecule has 0 heterocycles. The Morgan fingerprint density at radius 3 is 2.13 bits per heavy atom. The monoisotopic (exact) mass is 250 g/mol. The third kappa shape index (κ3) is 3.64. The van der Waals surface area contributed by atoms with E-state index in [-0.39, 0.29) is 17.3 Å². The summed E-state index contributed by atoms with van der Waals surface area (Å²) < 4.78 is 24.6. The first-order chi connectivity index (χ1) is 6.42. The van der Waals surface area contributed by atoms with E-state index in [9.17, 15) is 8.42 Å². The quantitative estimate of drug-likeness (QED) is 0.332. The van der Waals surface area contributed by atoms with Crippen LogP contribution in [0.4, 0.5) is 5.69 Å². The molecule has 8 heteroatoms. The Balaban J connectivity index is 0.00000196. The van der Waals surface area contributed by atoms with Crippen molar-refractivity contribution in [3.63, 3.8) is 0 Å². The van der Waals surface area contributed by atoms with Crippen molar-refractivity contribution in [2.24, 2.45) is 5.73 Å². The van der Waals surface area contributed by atoms with E-state index in [1.807, 2.05) is 4.72 Å². The van der Waals surface area contributed by atoms with E-state index in [0.717, 1.165) is 0 Å². The second-order valence-electron chi connectivity index (χ2n) is 2.59. The van der Waals surface area contributed by atoms with Gasteiger partial charge in [-0.15, -0.1) is 12.4 Å². The Kier molecular flexibility index (Phi) is 4.38. The first-order valence-electron chi connectivity index (χ1n) is 3.64. The van der Waals surface area contributed by atoms with Crippen molar-refractivity contribution in [3.05, 3.63) is 24.3 Å². The van der Waals surface area contributed by atoms with Crippen molar-refractivity contribution in [1.29, 1.82) is 5.41 Å². The topological polar surface area (TPSA) is 122 Å². The van der Waals surface area contributed by atoms with Gasteiger partial charge in [-0.1, -0.05) is 0 Å². The van der Waals surface area contributed by atoms with Crippen LogP contribution in [0.2, 0.25) is 0 Å². The average molecular weight is 251 g/mol. The standard InChI is InChI=1S/C7H10N4O2S.ClH/c8-5-1-3-6(4-2-5)14(12,13)11-7(9)10;/h1-4H,8H2,(H4,9,10,11);1H. The zero-order chi connectivity index (χ0) is 10.8. The minimum Gasteiger partial charge on any atom is -0.399 e. The molecule has 15 heavy (non-hydrogen) atoms. The number of rotatable bonds is 2. The molecule has 0 aliphatic carbocycles. The van der Waals surface area contributed by atoms with Crippen LogP contribution >= 0.6 is 12.4 Å². The number of sulfonamides is 1. The third-order valence-electron chi connectivity index (χ3n) is 1.43. The Morgan fingerprint density at radius 1 is 1.27 bits per heavy atom. The zero-order valence-corrected chi connectivity index (χ0v) is 9.23. The van der Waals surface area contributed by atoms with E-state index < -0.39 is 16.0 Å². The molecule has 0 radical (unpaired) electrons. The zero-order valence-electron chi connectivity index (χ0n) is 7.60. The highest BCUT2D eigenvalue weighted by Crippen LogP contribution is 2.10. The summed E-state index contributed by atoms with van der Waals surface area (Å²) in [5.41, 5.74) is 10.8. The van der Waals surface area contributed by atoms with Crippen LogP contribution in [-0.2, 0) is 10.0 Å². The molecule has 84 valence electrons. The largest absolute Gasteiger partial charge is 0.399 e. The smallest absolute Gasteiger partial charge is 0.264 e. The highest BCUT2D eigenvalue weighted by molar-refractivity contribution is 7.90. The minimum atomic E-state index is -3.73. The maximum absolute atomic E-state index is 11.4. The van der Waals surface area contributed by atoms with Crippen molar-refractivity contribution in [1.82, 2.24) is 4.72 Å². The molecule has 0 aliphatic rings. The van der Waals surface area contributed by atoms with E-state index in [1.54, 1.807) is 0 Å². The molecule has 1 rings (SSSR count). The summed E-state index contributed by atoms with van der Waals surface area (Å²) in [4.78, 5) is 0.0156. The summed E-state index contributed by atoms with van der Waals surface area (Å²) in [5, 5.41) is 6.80. The molecule has 0 fully saturated rings. The second-order valence-corrected chi connectivity index (χ2v) is 4.27. The highest BCUT2D eigenvalue weighted by Gasteiger charge is 2.13. The van der Waals surface area contributed by atoms with Crippen LogP contribution < -0.4 is 16.2 Å². The van der Waals surface area contributed by atoms with Crippen LogP contribution in [0, 0.1) is 5.41 Å². The van der Waals surface area contributed by atoms with Crippen molar-refractivity contribution in [2.75, 3.05) is 5.73 Å². The fourth-order valence-corrected chi connectivity index (χ4v) is 1.75. The lowest BCUT2D eigenvalue weighted by molar-refractivity contribution is 0.592. The Labute approximate surface area is 93.6 Å². The molecule has 0 aliphatic heterocycles. The number of hydrogen-bond acceptors (Lipinski definition) is 4. The molecule has 6 N–H and O–H groups in total. The third-order valence-corrected chi connectivity index (χ3v) is 2.82. The molecule has 0 bridgehead atoms. The lowest BCUT2D eigenvalue weighted by Crippen LogP contribution is -2.35. The van der Waals surface area contributed by atoms with Gasteiger partial charge in [0.1, 0.15) is 0 Å². The van der Waals surface area contributed by atoms with Gasteiger partial charge in [0, 0.05) is 5.69 Å². The van der Waals surface area contributed by atoms with Gasteiger partial charge in [-0.3, -0.25) is 5.41 Å². The summed E-state index contributed by atoms with van der Waals surface area (Å²) in [5.74, 6) is -0.623. The Morgan fingerprint density at radius 2 is 1.73 bits per heavy atom. The molecule has 0 amide bonds. The maximum atomic E-state index is 11.4. The number of halogens is 1. The first kappa shape index (κ1) is 13.5. The number of nitrogens with one attached hydrogen (secondary N) is 2. The van der Waals surface area contributed by atoms with E-state index in [4.69, 9.17) is 16.9 Å². The molecule has 1 aromatic carbocycles. The van der Waals surface area contributed by atoms with Gasteiger partial charge in [0.05, 0.1) is 4.90 Å². The van der Waals surface area contributed by atoms with Gasteiger partial charge in [0.2, 0.25) is 0 Å². The Bertz CT molecular complexity index is 443. The molecule has 0 saturated heterocycles. The van der Waals surface area contributed by atoms with Crippen LogP contribution in [0.25, 0.3) is 0 Å². The molecule has 6 nitrogen and oxygen atoms in total. The van der Waals surface area contributed by atoms with Gasteiger partial charge in [0.25, 0.3) is 10.0 Å². The van der Waals surface area contributed by atoms with Crippen molar-refractivity contribution < 1.29 is 8.42 Å². The summed E-state index contributed by atoms with van der Waals surface area (Å²) in [7, 11) is -3.73. The molecular formula is C7H11ClN4O2S. The van der Waals surface area contributed by atoms with Gasteiger partial charge in [-0.2, -0.15) is 0 Å². The summed E-state index contributed by atoms with van der Waals surface area (Å²) >= 11 is 0. The van der Waals surface area contributed by atoms with Gasteiger partial charge in [0.15, 0.2) is 5.96 Å². The number of guanidine groups is 1. The van der Waals surface area contributed by atoms with Crippen LogP contribution in [0.5, 0.6) is 0 Å². The number of nitrogen functional groups attached to an aromatic ring is 1. The molecule has 0 spiro atoms. The second kappa shape index (κ2) is 4.85. The van der Waals surface area contributed by atoms with E-state index >= 15 is 0 Å². The number of benzene rings is 1. The normalized spacial score (nSPS) is 10.1. The van der Waals surface area contributed by atoms with Crippen molar-refractivity contribution in [2.45, 2.75) is 4.90 Å². The molecule has 0 unspecified atom stereocenters. The minimum absolute atomic E-state index is 0. The van der Waals surface area contributed by atoms with E-state index in [0.29, 0.717) is 5.69 Å². The predicted octanol–water partition coefficient (Wildman–Crippen LogP) is -0.138. The van der Waals surface area contributed by atoms with Gasteiger partial charge in [-0.05, 0) is 24.3 Å². The average Bonchev–Trinajstić information content (AvgIpc) is 2.02. The summed E-state index contributed by atoms with van der Waals surface area (Å²) in [6.45, 7) is 0. The number of anilines is 1. The van der Waals surface area contributed by atoms with E-state index in [2.05, 4.69) is 0 Å². The van der Waals surface area contributed by atoms with Crippen LogP contribution in [0.3, 0.4) is 0 Å². The predicted molar refractivity (Wildman–Crippen MR) is 60.3 cm³/mol. The first-order valence-corrected chi connectivity index (χ1v) is 5.12. The molecule has 0 aromatic heterocycles. The lowest BCUT2D eigenvalue weighted by Gasteiger charge is -2.05. The highest BCUT2D eigenvalue weighted by atomic mass is 35.5. The fraction of sp³-hybridized carbons (Fsp3) is 0.